The molecule has 1 saturated heterocycles. The summed E-state index contributed by atoms with van der Waals surface area (Å²) >= 11 is 0. The van der Waals surface area contributed by atoms with Crippen molar-refractivity contribution in [2.45, 2.75) is 480 Å². The summed E-state index contributed by atoms with van der Waals surface area (Å²) in [6.07, 6.45) is 80.1. The van der Waals surface area contributed by atoms with E-state index in [9.17, 15) is 40.5 Å². The van der Waals surface area contributed by atoms with Gasteiger partial charge in [-0.3, -0.25) is 4.79 Å². The lowest BCUT2D eigenvalue weighted by atomic mass is 9.98. The molecule has 9 unspecified atom stereocenters. The van der Waals surface area contributed by atoms with Crippen LogP contribution >= 0.6 is 0 Å². The molecule has 1 fully saturated rings. The van der Waals surface area contributed by atoms with Gasteiger partial charge in [0.05, 0.1) is 25.4 Å². The Hall–Kier alpha value is -1.41. The van der Waals surface area contributed by atoms with Crippen LogP contribution in [0.2, 0.25) is 0 Å². The monoisotopic (exact) mass is 1320 g/mol. The highest BCUT2D eigenvalue weighted by Crippen LogP contribution is 2.25. The molecule has 1 aliphatic heterocycles. The van der Waals surface area contributed by atoms with Gasteiger partial charge in [0, 0.05) is 0 Å². The van der Waals surface area contributed by atoms with Crippen molar-refractivity contribution in [2.75, 3.05) is 13.2 Å². The van der Waals surface area contributed by atoms with E-state index in [1.54, 1.807) is 0 Å². The van der Waals surface area contributed by atoms with Crippen LogP contribution in [-0.2, 0) is 14.3 Å². The van der Waals surface area contributed by atoms with E-state index in [4.69, 9.17) is 9.47 Å². The minimum atomic E-state index is -1.66. The maximum absolute atomic E-state index is 13.3. The van der Waals surface area contributed by atoms with Crippen molar-refractivity contribution >= 4 is 5.91 Å². The standard InChI is InChI=1S/C82H159NO10/c1-3-5-7-9-11-13-15-17-19-21-23-25-27-29-31-33-35-37-38-40-42-44-46-48-50-52-54-56-58-60-62-64-66-68-70-75(86)81(91)83-73(72-92-82-80(90)79(89)78(88)76(71-84)93-82)77(87)74(85)69-67-65-63-61-59-57-55-53-51-49-47-45-43-41-39-36-34-32-30-28-26-24-22-20-18-16-14-12-10-8-6-4-2/h27,29,33,35,73-80,82,84-90H,3-26,28,30-32,34,36-72H2,1-2H3,(H,83,91)/b29-27-,35-33-. The summed E-state index contributed by atoms with van der Waals surface area (Å²) < 4.78 is 11.2. The molecule has 0 saturated carbocycles. The molecule has 0 aliphatic carbocycles. The Labute approximate surface area is 575 Å². The van der Waals surface area contributed by atoms with E-state index >= 15 is 0 Å². The van der Waals surface area contributed by atoms with Gasteiger partial charge in [-0.25, -0.2) is 0 Å². The third-order valence-electron chi connectivity index (χ3n) is 20.3. The lowest BCUT2D eigenvalue weighted by Crippen LogP contribution is -2.60. The first-order valence-corrected chi connectivity index (χ1v) is 41.2. The molecule has 8 N–H and O–H groups in total. The Bertz CT molecular complexity index is 1560. The minimum Gasteiger partial charge on any atom is -0.394 e. The maximum Gasteiger partial charge on any atom is 0.249 e. The largest absolute Gasteiger partial charge is 0.394 e. The fourth-order valence-electron chi connectivity index (χ4n) is 13.7. The fourth-order valence-corrected chi connectivity index (χ4v) is 13.7. The van der Waals surface area contributed by atoms with Crippen LogP contribution in [0.15, 0.2) is 24.3 Å². The quantitative estimate of drug-likeness (QED) is 0.0215. The molecule has 552 valence electrons. The highest BCUT2D eigenvalue weighted by Gasteiger charge is 2.44. The van der Waals surface area contributed by atoms with Gasteiger partial charge in [-0.15, -0.1) is 0 Å². The van der Waals surface area contributed by atoms with E-state index in [0.29, 0.717) is 19.3 Å². The zero-order valence-electron chi connectivity index (χ0n) is 61.5. The van der Waals surface area contributed by atoms with Gasteiger partial charge >= 0.3 is 0 Å². The van der Waals surface area contributed by atoms with Crippen molar-refractivity contribution in [3.63, 3.8) is 0 Å². The Morgan fingerprint density at radius 1 is 0.376 bits per heavy atom. The first-order chi connectivity index (χ1) is 45.7. The Balaban J connectivity index is 2.12. The Morgan fingerprint density at radius 3 is 0.957 bits per heavy atom. The number of carbonyl (C=O) groups is 1. The second-order valence-corrected chi connectivity index (χ2v) is 29.2. The summed E-state index contributed by atoms with van der Waals surface area (Å²) in [5.41, 5.74) is 0. The number of hydrogen-bond donors (Lipinski definition) is 8. The number of hydrogen-bond acceptors (Lipinski definition) is 10. The van der Waals surface area contributed by atoms with Crippen LogP contribution in [-0.4, -0.2) is 110 Å². The van der Waals surface area contributed by atoms with E-state index in [0.717, 1.165) is 44.9 Å². The molecule has 11 heteroatoms. The van der Waals surface area contributed by atoms with Crippen molar-refractivity contribution in [3.8, 4) is 0 Å². The van der Waals surface area contributed by atoms with Gasteiger partial charge in [0.1, 0.15) is 36.6 Å². The fraction of sp³-hybridized carbons (Fsp3) is 0.939. The summed E-state index contributed by atoms with van der Waals surface area (Å²) in [5.74, 6) is -0.688. The second kappa shape index (κ2) is 70.5. The van der Waals surface area contributed by atoms with Gasteiger partial charge in [0.15, 0.2) is 6.29 Å². The third kappa shape index (κ3) is 57.1. The second-order valence-electron chi connectivity index (χ2n) is 29.2. The average Bonchev–Trinajstić information content (AvgIpc) is 1.04. The van der Waals surface area contributed by atoms with E-state index in [-0.39, 0.29) is 6.42 Å². The molecule has 0 aromatic carbocycles. The molecular weight excluding hydrogens is 1160 g/mol. The predicted octanol–water partition coefficient (Wildman–Crippen LogP) is 21.5. The van der Waals surface area contributed by atoms with Gasteiger partial charge in [0.2, 0.25) is 5.91 Å². The Morgan fingerprint density at radius 2 is 0.656 bits per heavy atom. The number of carbonyl (C=O) groups excluding carboxylic acids is 1. The van der Waals surface area contributed by atoms with Crippen LogP contribution < -0.4 is 5.32 Å². The van der Waals surface area contributed by atoms with Gasteiger partial charge in [-0.05, 0) is 44.9 Å². The predicted molar refractivity (Wildman–Crippen MR) is 395 cm³/mol. The van der Waals surface area contributed by atoms with E-state index < -0.39 is 74.2 Å². The van der Waals surface area contributed by atoms with Crippen molar-refractivity contribution in [1.29, 1.82) is 0 Å². The van der Waals surface area contributed by atoms with Crippen molar-refractivity contribution in [2.24, 2.45) is 0 Å². The first-order valence-electron chi connectivity index (χ1n) is 41.2. The van der Waals surface area contributed by atoms with Crippen LogP contribution in [0.1, 0.15) is 425 Å². The van der Waals surface area contributed by atoms with Crippen LogP contribution in [0.3, 0.4) is 0 Å². The lowest BCUT2D eigenvalue weighted by Gasteiger charge is -2.40. The SMILES string of the molecule is CCCCCCCCCCCCC/C=C\C/C=C\CCCCCCCCCCCCCCCCCCC(O)C(=O)NC(COC1OC(CO)C(O)C(O)C1O)C(O)C(O)CCCCCCCCCCCCCCCCCCCCCCCCCCCCCCCCCC. The van der Waals surface area contributed by atoms with Crippen LogP contribution in [0, 0.1) is 0 Å². The number of nitrogens with one attached hydrogen (secondary N) is 1. The summed E-state index contributed by atoms with van der Waals surface area (Å²) in [6, 6.07) is -1.17. The minimum absolute atomic E-state index is 0.263. The van der Waals surface area contributed by atoms with Gasteiger partial charge < -0.3 is 50.5 Å². The van der Waals surface area contributed by atoms with Crippen molar-refractivity contribution in [3.05, 3.63) is 24.3 Å². The van der Waals surface area contributed by atoms with Crippen molar-refractivity contribution < 1.29 is 50.0 Å². The van der Waals surface area contributed by atoms with Crippen LogP contribution in [0.4, 0.5) is 0 Å². The normalized spacial score (nSPS) is 18.3. The number of aliphatic hydroxyl groups is 7. The third-order valence-corrected chi connectivity index (χ3v) is 20.3. The molecule has 0 aromatic heterocycles. The Kier molecular flexibility index (Phi) is 67.9. The number of allylic oxidation sites excluding steroid dienone is 4. The number of ether oxygens (including phenoxy) is 2. The summed E-state index contributed by atoms with van der Waals surface area (Å²) in [5, 5.41) is 76.8. The lowest BCUT2D eigenvalue weighted by molar-refractivity contribution is -0.303. The van der Waals surface area contributed by atoms with Crippen molar-refractivity contribution in [1.82, 2.24) is 5.32 Å². The molecule has 11 nitrogen and oxygen atoms in total. The van der Waals surface area contributed by atoms with Gasteiger partial charge in [-0.1, -0.05) is 404 Å². The zero-order valence-corrected chi connectivity index (χ0v) is 61.5. The molecule has 0 bridgehead atoms. The molecule has 0 radical (unpaired) electrons. The highest BCUT2D eigenvalue weighted by atomic mass is 16.7. The smallest absolute Gasteiger partial charge is 0.249 e. The van der Waals surface area contributed by atoms with Gasteiger partial charge in [-0.2, -0.15) is 0 Å². The maximum atomic E-state index is 13.3. The molecule has 0 aromatic rings. The molecule has 0 spiro atoms. The number of unbranched alkanes of at least 4 members (excludes halogenated alkanes) is 58. The molecular formula is C82H159NO10. The number of rotatable bonds is 74. The highest BCUT2D eigenvalue weighted by molar-refractivity contribution is 5.80. The molecule has 1 amide bonds. The molecule has 1 aliphatic rings. The summed E-state index contributed by atoms with van der Waals surface area (Å²) in [4.78, 5) is 13.3. The number of aliphatic hydroxyl groups excluding tert-OH is 7. The van der Waals surface area contributed by atoms with E-state index in [1.165, 1.54) is 340 Å². The van der Waals surface area contributed by atoms with Crippen LogP contribution in [0.5, 0.6) is 0 Å². The topological polar surface area (TPSA) is 189 Å². The van der Waals surface area contributed by atoms with Crippen LogP contribution in [0.25, 0.3) is 0 Å². The molecule has 9 atom stereocenters. The summed E-state index contributed by atoms with van der Waals surface area (Å²) in [7, 11) is 0. The molecule has 1 heterocycles. The average molecular weight is 1320 g/mol. The number of amides is 1. The molecule has 93 heavy (non-hydrogen) atoms. The molecule has 1 rings (SSSR count). The van der Waals surface area contributed by atoms with E-state index in [1.807, 2.05) is 0 Å². The zero-order chi connectivity index (χ0) is 67.4. The summed E-state index contributed by atoms with van der Waals surface area (Å²) in [6.45, 7) is 3.54. The van der Waals surface area contributed by atoms with E-state index in [2.05, 4.69) is 43.5 Å². The first kappa shape index (κ1) is 89.6. The van der Waals surface area contributed by atoms with Gasteiger partial charge in [0.25, 0.3) is 0 Å².